The SMILES string of the molecule is O=C(O)CCCCCCCCCCCCCCI. The van der Waals surface area contributed by atoms with Gasteiger partial charge in [-0.2, -0.15) is 0 Å². The van der Waals surface area contributed by atoms with Gasteiger partial charge in [0.15, 0.2) is 0 Å². The highest BCUT2D eigenvalue weighted by Gasteiger charge is 1.96. The summed E-state index contributed by atoms with van der Waals surface area (Å²) < 4.78 is 1.31. The third-order valence-electron chi connectivity index (χ3n) is 3.27. The fourth-order valence-corrected chi connectivity index (χ4v) is 2.68. The van der Waals surface area contributed by atoms with Crippen LogP contribution in [0.4, 0.5) is 0 Å². The molecule has 0 radical (unpaired) electrons. The molecule has 108 valence electrons. The molecule has 0 aromatic rings. The molecule has 18 heavy (non-hydrogen) atoms. The van der Waals surface area contributed by atoms with Gasteiger partial charge in [0, 0.05) is 6.42 Å². The molecule has 0 aliphatic carbocycles. The van der Waals surface area contributed by atoms with Crippen LogP contribution in [0.2, 0.25) is 0 Å². The van der Waals surface area contributed by atoms with Gasteiger partial charge < -0.3 is 5.11 Å². The molecule has 0 fully saturated rings. The average molecular weight is 368 g/mol. The quantitative estimate of drug-likeness (QED) is 0.247. The molecule has 0 atom stereocenters. The minimum absolute atomic E-state index is 0.344. The van der Waals surface area contributed by atoms with Crippen LogP contribution in [0, 0.1) is 0 Å². The van der Waals surface area contributed by atoms with E-state index in [0.29, 0.717) is 6.42 Å². The minimum atomic E-state index is -0.655. The summed E-state index contributed by atoms with van der Waals surface area (Å²) in [5.74, 6) is -0.655. The Balaban J connectivity index is 2.92. The zero-order valence-corrected chi connectivity index (χ0v) is 13.8. The van der Waals surface area contributed by atoms with Crippen LogP contribution in [0.15, 0.2) is 0 Å². The van der Waals surface area contributed by atoms with Gasteiger partial charge >= 0.3 is 5.97 Å². The molecule has 0 saturated carbocycles. The summed E-state index contributed by atoms with van der Waals surface area (Å²) in [6.07, 6.45) is 15.9. The highest BCUT2D eigenvalue weighted by Crippen LogP contribution is 2.12. The first-order valence-electron chi connectivity index (χ1n) is 7.55. The molecule has 2 nitrogen and oxygen atoms in total. The van der Waals surface area contributed by atoms with Gasteiger partial charge in [0.2, 0.25) is 0 Å². The predicted octanol–water partition coefficient (Wildman–Crippen LogP) is 5.58. The van der Waals surface area contributed by atoms with E-state index in [1.807, 2.05) is 0 Å². The fraction of sp³-hybridized carbons (Fsp3) is 0.933. The second kappa shape index (κ2) is 15.3. The molecule has 0 aromatic carbocycles. The number of hydrogen-bond donors (Lipinski definition) is 1. The first-order chi connectivity index (χ1) is 8.77. The van der Waals surface area contributed by atoms with Gasteiger partial charge in [0.1, 0.15) is 0 Å². The summed E-state index contributed by atoms with van der Waals surface area (Å²) >= 11 is 2.45. The fourth-order valence-electron chi connectivity index (χ4n) is 2.14. The van der Waals surface area contributed by atoms with Crippen molar-refractivity contribution in [2.24, 2.45) is 0 Å². The molecule has 0 amide bonds. The molecule has 0 aliphatic heterocycles. The predicted molar refractivity (Wildman–Crippen MR) is 86.5 cm³/mol. The van der Waals surface area contributed by atoms with Crippen LogP contribution in [0.3, 0.4) is 0 Å². The van der Waals surface area contributed by atoms with Gasteiger partial charge in [-0.1, -0.05) is 86.8 Å². The van der Waals surface area contributed by atoms with Gasteiger partial charge in [-0.25, -0.2) is 0 Å². The number of unbranched alkanes of at least 4 members (excludes halogenated alkanes) is 11. The zero-order valence-electron chi connectivity index (χ0n) is 11.6. The monoisotopic (exact) mass is 368 g/mol. The Morgan fingerprint density at radius 2 is 1.00 bits per heavy atom. The van der Waals surface area contributed by atoms with Crippen molar-refractivity contribution in [1.29, 1.82) is 0 Å². The van der Waals surface area contributed by atoms with Crippen LogP contribution in [-0.2, 0) is 4.79 Å². The number of carboxylic acids is 1. The first kappa shape index (κ1) is 18.2. The zero-order chi connectivity index (χ0) is 13.5. The Kier molecular flexibility index (Phi) is 15.4. The Hall–Kier alpha value is 0.200. The number of halogens is 1. The Labute approximate surface area is 126 Å². The lowest BCUT2D eigenvalue weighted by atomic mass is 10.0. The van der Waals surface area contributed by atoms with Crippen LogP contribution in [0.25, 0.3) is 0 Å². The van der Waals surface area contributed by atoms with Crippen molar-refractivity contribution in [1.82, 2.24) is 0 Å². The summed E-state index contributed by atoms with van der Waals surface area (Å²) in [7, 11) is 0. The molecular formula is C15H29IO2. The van der Waals surface area contributed by atoms with Gasteiger partial charge in [0.25, 0.3) is 0 Å². The smallest absolute Gasteiger partial charge is 0.303 e. The molecule has 1 N–H and O–H groups in total. The topological polar surface area (TPSA) is 37.3 Å². The van der Waals surface area contributed by atoms with Gasteiger partial charge in [-0.05, 0) is 17.3 Å². The molecule has 0 heterocycles. The molecule has 0 aromatic heterocycles. The van der Waals surface area contributed by atoms with Crippen molar-refractivity contribution in [2.75, 3.05) is 4.43 Å². The summed E-state index contributed by atoms with van der Waals surface area (Å²) in [6.45, 7) is 0. The molecular weight excluding hydrogens is 339 g/mol. The summed E-state index contributed by atoms with van der Waals surface area (Å²) in [6, 6.07) is 0. The Morgan fingerprint density at radius 3 is 1.33 bits per heavy atom. The molecule has 0 spiro atoms. The maximum atomic E-state index is 10.3. The Morgan fingerprint density at radius 1 is 0.667 bits per heavy atom. The minimum Gasteiger partial charge on any atom is -0.481 e. The maximum absolute atomic E-state index is 10.3. The Bertz CT molecular complexity index is 183. The second-order valence-corrected chi connectivity index (χ2v) is 6.15. The van der Waals surface area contributed by atoms with Gasteiger partial charge in [-0.3, -0.25) is 4.79 Å². The van der Waals surface area contributed by atoms with E-state index < -0.39 is 5.97 Å². The lowest BCUT2D eigenvalue weighted by Gasteiger charge is -2.02. The van der Waals surface area contributed by atoms with E-state index >= 15 is 0 Å². The van der Waals surface area contributed by atoms with E-state index in [1.54, 1.807) is 0 Å². The van der Waals surface area contributed by atoms with E-state index in [9.17, 15) is 4.79 Å². The van der Waals surface area contributed by atoms with Crippen LogP contribution < -0.4 is 0 Å². The number of hydrogen-bond acceptors (Lipinski definition) is 1. The lowest BCUT2D eigenvalue weighted by molar-refractivity contribution is -0.137. The number of carbonyl (C=O) groups is 1. The number of aliphatic carboxylic acids is 1. The molecule has 0 saturated heterocycles. The highest BCUT2D eigenvalue weighted by molar-refractivity contribution is 14.1. The maximum Gasteiger partial charge on any atom is 0.303 e. The van der Waals surface area contributed by atoms with Crippen molar-refractivity contribution in [3.05, 3.63) is 0 Å². The molecule has 0 rings (SSSR count). The van der Waals surface area contributed by atoms with E-state index in [2.05, 4.69) is 22.6 Å². The van der Waals surface area contributed by atoms with Gasteiger partial charge in [-0.15, -0.1) is 0 Å². The third-order valence-corrected chi connectivity index (χ3v) is 4.04. The van der Waals surface area contributed by atoms with E-state index in [0.717, 1.165) is 12.8 Å². The molecule has 3 heteroatoms. The summed E-state index contributed by atoms with van der Waals surface area (Å²) in [5, 5.41) is 8.49. The van der Waals surface area contributed by atoms with E-state index in [4.69, 9.17) is 5.11 Å². The van der Waals surface area contributed by atoms with E-state index in [-0.39, 0.29) is 0 Å². The second-order valence-electron chi connectivity index (χ2n) is 5.08. The van der Waals surface area contributed by atoms with E-state index in [1.165, 1.54) is 68.6 Å². The summed E-state index contributed by atoms with van der Waals surface area (Å²) in [4.78, 5) is 10.3. The average Bonchev–Trinajstić information content (AvgIpc) is 2.34. The highest BCUT2D eigenvalue weighted by atomic mass is 127. The van der Waals surface area contributed by atoms with Gasteiger partial charge in [0.05, 0.1) is 0 Å². The standard InChI is InChI=1S/C15H29IO2/c16-14-12-10-8-6-4-2-1-3-5-7-9-11-13-15(17)18/h1-14H2,(H,17,18). The van der Waals surface area contributed by atoms with Crippen LogP contribution >= 0.6 is 22.6 Å². The number of carboxylic acid groups (broad SMARTS) is 1. The first-order valence-corrected chi connectivity index (χ1v) is 9.07. The molecule has 0 unspecified atom stereocenters. The lowest BCUT2D eigenvalue weighted by Crippen LogP contribution is -1.93. The third kappa shape index (κ3) is 16.2. The largest absolute Gasteiger partial charge is 0.481 e. The number of rotatable bonds is 14. The van der Waals surface area contributed by atoms with Crippen molar-refractivity contribution in [2.45, 2.75) is 83.5 Å². The van der Waals surface area contributed by atoms with Crippen molar-refractivity contribution in [3.8, 4) is 0 Å². The van der Waals surface area contributed by atoms with Crippen molar-refractivity contribution >= 4 is 28.6 Å². The summed E-state index contributed by atoms with van der Waals surface area (Å²) in [5.41, 5.74) is 0. The van der Waals surface area contributed by atoms with Crippen LogP contribution in [-0.4, -0.2) is 15.5 Å². The van der Waals surface area contributed by atoms with Crippen molar-refractivity contribution in [3.63, 3.8) is 0 Å². The molecule has 0 aliphatic rings. The number of alkyl halides is 1. The molecule has 0 bridgehead atoms. The van der Waals surface area contributed by atoms with Crippen LogP contribution in [0.5, 0.6) is 0 Å². The normalized spacial score (nSPS) is 10.7. The van der Waals surface area contributed by atoms with Crippen molar-refractivity contribution < 1.29 is 9.90 Å². The van der Waals surface area contributed by atoms with Crippen LogP contribution in [0.1, 0.15) is 83.5 Å².